The zero-order valence-corrected chi connectivity index (χ0v) is 14.8. The quantitative estimate of drug-likeness (QED) is 0.711. The number of likely N-dealkylation sites (tertiary alicyclic amines) is 1. The first-order valence-electron chi connectivity index (χ1n) is 8.38. The smallest absolute Gasteiger partial charge is 0.255 e. The summed E-state index contributed by atoms with van der Waals surface area (Å²) in [7, 11) is 1.84. The molecule has 3 aromatic heterocycles. The Labute approximate surface area is 144 Å². The molecule has 0 radical (unpaired) electrons. The summed E-state index contributed by atoms with van der Waals surface area (Å²) in [6.07, 6.45) is 1.76. The van der Waals surface area contributed by atoms with Gasteiger partial charge in [0, 0.05) is 26.2 Å². The number of nitrogens with zero attached hydrogens (tertiary/aromatic N) is 6. The molecule has 1 fully saturated rings. The van der Waals surface area contributed by atoms with Crippen molar-refractivity contribution in [2.75, 3.05) is 6.54 Å². The van der Waals surface area contributed by atoms with Crippen LogP contribution in [0.4, 0.5) is 0 Å². The van der Waals surface area contributed by atoms with Crippen molar-refractivity contribution in [3.63, 3.8) is 0 Å². The molecule has 1 aliphatic heterocycles. The number of amides is 1. The van der Waals surface area contributed by atoms with Gasteiger partial charge >= 0.3 is 0 Å². The second kappa shape index (κ2) is 5.65. The Hall–Kier alpha value is -2.77. The van der Waals surface area contributed by atoms with E-state index in [-0.39, 0.29) is 11.9 Å². The van der Waals surface area contributed by atoms with Crippen LogP contribution in [0.25, 0.3) is 11.0 Å². The van der Waals surface area contributed by atoms with Crippen molar-refractivity contribution in [2.24, 2.45) is 7.05 Å². The summed E-state index contributed by atoms with van der Waals surface area (Å²) in [5.41, 5.74) is 2.97. The van der Waals surface area contributed by atoms with Gasteiger partial charge in [-0.3, -0.25) is 9.48 Å². The number of carbonyl (C=O) groups excluding carboxylic acids is 1. The van der Waals surface area contributed by atoms with Crippen LogP contribution >= 0.6 is 0 Å². The van der Waals surface area contributed by atoms with Gasteiger partial charge in [0.2, 0.25) is 5.89 Å². The normalized spacial score (nSPS) is 17.6. The van der Waals surface area contributed by atoms with Crippen LogP contribution in [-0.4, -0.2) is 42.3 Å². The fourth-order valence-corrected chi connectivity index (χ4v) is 3.62. The molecule has 1 aliphatic rings. The Morgan fingerprint density at radius 2 is 2.08 bits per heavy atom. The number of rotatable bonds is 2. The first-order chi connectivity index (χ1) is 12.0. The van der Waals surface area contributed by atoms with Crippen molar-refractivity contribution >= 4 is 16.9 Å². The van der Waals surface area contributed by atoms with Gasteiger partial charge in [-0.1, -0.05) is 5.16 Å². The Morgan fingerprint density at radius 3 is 2.80 bits per heavy atom. The highest BCUT2D eigenvalue weighted by molar-refractivity contribution is 6.06. The summed E-state index contributed by atoms with van der Waals surface area (Å²) < 4.78 is 6.82. The minimum atomic E-state index is -0.148. The van der Waals surface area contributed by atoms with E-state index in [4.69, 9.17) is 4.52 Å². The van der Waals surface area contributed by atoms with Crippen LogP contribution in [0.15, 0.2) is 10.6 Å². The van der Waals surface area contributed by atoms with E-state index in [1.165, 1.54) is 0 Å². The third-order valence-corrected chi connectivity index (χ3v) is 4.68. The van der Waals surface area contributed by atoms with E-state index < -0.39 is 0 Å². The van der Waals surface area contributed by atoms with E-state index in [1.54, 1.807) is 11.6 Å². The van der Waals surface area contributed by atoms with Gasteiger partial charge in [0.1, 0.15) is 0 Å². The average molecular weight is 340 g/mol. The molecule has 3 aromatic rings. The molecule has 25 heavy (non-hydrogen) atoms. The molecule has 4 rings (SSSR count). The lowest BCUT2D eigenvalue weighted by atomic mass is 10.1. The molecule has 0 N–H and O–H groups in total. The van der Waals surface area contributed by atoms with Gasteiger partial charge < -0.3 is 9.42 Å². The second-order valence-electron chi connectivity index (χ2n) is 6.55. The molecule has 8 heteroatoms. The molecule has 1 saturated heterocycles. The number of hydrogen-bond donors (Lipinski definition) is 0. The first kappa shape index (κ1) is 15.7. The maximum atomic E-state index is 13.3. The SMILES string of the molecule is Cc1cc(C(=O)N2CCCC2c2noc(C)n2)c2c(C)nn(C)c2n1. The summed E-state index contributed by atoms with van der Waals surface area (Å²) >= 11 is 0. The molecule has 0 saturated carbocycles. The fourth-order valence-electron chi connectivity index (χ4n) is 3.62. The monoisotopic (exact) mass is 340 g/mol. The molecule has 130 valence electrons. The zero-order chi connectivity index (χ0) is 17.7. The number of aromatic nitrogens is 5. The highest BCUT2D eigenvalue weighted by Gasteiger charge is 2.35. The Kier molecular flexibility index (Phi) is 3.55. The first-order valence-corrected chi connectivity index (χ1v) is 8.38. The summed E-state index contributed by atoms with van der Waals surface area (Å²) in [4.78, 5) is 24.0. The van der Waals surface area contributed by atoms with Gasteiger partial charge in [0.25, 0.3) is 5.91 Å². The summed E-state index contributed by atoms with van der Waals surface area (Å²) in [6.45, 7) is 6.23. The predicted molar refractivity (Wildman–Crippen MR) is 90.0 cm³/mol. The minimum absolute atomic E-state index is 0.0310. The molecule has 0 aromatic carbocycles. The molecule has 1 atom stereocenters. The molecule has 0 bridgehead atoms. The number of aryl methyl sites for hydroxylation is 4. The highest BCUT2D eigenvalue weighted by atomic mass is 16.5. The van der Waals surface area contributed by atoms with Crippen molar-refractivity contribution in [2.45, 2.75) is 39.7 Å². The highest BCUT2D eigenvalue weighted by Crippen LogP contribution is 2.33. The number of carbonyl (C=O) groups is 1. The molecule has 1 unspecified atom stereocenters. The summed E-state index contributed by atoms with van der Waals surface area (Å²) in [5, 5.41) is 9.26. The van der Waals surface area contributed by atoms with E-state index in [9.17, 15) is 4.79 Å². The average Bonchev–Trinajstić information content (AvgIpc) is 3.26. The maximum absolute atomic E-state index is 13.3. The molecular weight excluding hydrogens is 320 g/mol. The third kappa shape index (κ3) is 2.48. The Morgan fingerprint density at radius 1 is 1.28 bits per heavy atom. The second-order valence-corrected chi connectivity index (χ2v) is 6.55. The van der Waals surface area contributed by atoms with Crippen molar-refractivity contribution in [1.82, 2.24) is 29.8 Å². The van der Waals surface area contributed by atoms with Gasteiger partial charge in [0.05, 0.1) is 22.7 Å². The third-order valence-electron chi connectivity index (χ3n) is 4.68. The zero-order valence-electron chi connectivity index (χ0n) is 14.8. The lowest BCUT2D eigenvalue weighted by Crippen LogP contribution is -2.31. The van der Waals surface area contributed by atoms with E-state index in [1.807, 2.05) is 31.9 Å². The van der Waals surface area contributed by atoms with E-state index in [0.717, 1.165) is 35.3 Å². The van der Waals surface area contributed by atoms with Crippen molar-refractivity contribution in [3.05, 3.63) is 34.7 Å². The summed E-state index contributed by atoms with van der Waals surface area (Å²) in [6, 6.07) is 1.70. The molecule has 0 spiro atoms. The lowest BCUT2D eigenvalue weighted by molar-refractivity contribution is 0.0730. The van der Waals surface area contributed by atoms with Gasteiger partial charge in [0.15, 0.2) is 11.5 Å². The van der Waals surface area contributed by atoms with Crippen LogP contribution in [0.5, 0.6) is 0 Å². The van der Waals surface area contributed by atoms with E-state index in [2.05, 4.69) is 20.2 Å². The minimum Gasteiger partial charge on any atom is -0.340 e. The van der Waals surface area contributed by atoms with Gasteiger partial charge in [-0.2, -0.15) is 10.1 Å². The molecule has 8 nitrogen and oxygen atoms in total. The van der Waals surface area contributed by atoms with Gasteiger partial charge in [-0.25, -0.2) is 4.98 Å². The van der Waals surface area contributed by atoms with Crippen LogP contribution in [0, 0.1) is 20.8 Å². The molecular formula is C17H20N6O2. The van der Waals surface area contributed by atoms with E-state index >= 15 is 0 Å². The van der Waals surface area contributed by atoms with Crippen LogP contribution in [-0.2, 0) is 7.05 Å². The fraction of sp³-hybridized carbons (Fsp3) is 0.471. The molecule has 0 aliphatic carbocycles. The molecule has 1 amide bonds. The molecule has 4 heterocycles. The maximum Gasteiger partial charge on any atom is 0.255 e. The van der Waals surface area contributed by atoms with Crippen LogP contribution < -0.4 is 0 Å². The van der Waals surface area contributed by atoms with E-state index in [0.29, 0.717) is 23.8 Å². The topological polar surface area (TPSA) is 89.9 Å². The lowest BCUT2D eigenvalue weighted by Gasteiger charge is -2.22. The van der Waals surface area contributed by atoms with Gasteiger partial charge in [-0.05, 0) is 32.8 Å². The van der Waals surface area contributed by atoms with Crippen molar-refractivity contribution < 1.29 is 9.32 Å². The van der Waals surface area contributed by atoms with Crippen LogP contribution in [0.2, 0.25) is 0 Å². The Balaban J connectivity index is 1.79. The van der Waals surface area contributed by atoms with Crippen LogP contribution in [0.1, 0.15) is 52.3 Å². The Bertz CT molecular complexity index is 973. The number of fused-ring (bicyclic) bond motifs is 1. The summed E-state index contributed by atoms with van der Waals surface area (Å²) in [5.74, 6) is 1.06. The van der Waals surface area contributed by atoms with Crippen molar-refractivity contribution in [3.8, 4) is 0 Å². The number of hydrogen-bond acceptors (Lipinski definition) is 6. The number of pyridine rings is 1. The largest absolute Gasteiger partial charge is 0.340 e. The van der Waals surface area contributed by atoms with Crippen LogP contribution in [0.3, 0.4) is 0 Å². The standard InChI is InChI=1S/C17H20N6O2/c1-9-8-12(14-10(2)20-22(4)16(14)18-9)17(24)23-7-5-6-13(23)15-19-11(3)25-21-15/h8,13H,5-7H2,1-4H3. The predicted octanol–water partition coefficient (Wildman–Crippen LogP) is 2.25. The van der Waals surface area contributed by atoms with Gasteiger partial charge in [-0.15, -0.1) is 0 Å². The van der Waals surface area contributed by atoms with Crippen molar-refractivity contribution in [1.29, 1.82) is 0 Å².